The second kappa shape index (κ2) is 6.50. The van der Waals surface area contributed by atoms with Crippen molar-refractivity contribution in [3.63, 3.8) is 0 Å². The highest BCUT2D eigenvalue weighted by Crippen LogP contribution is 2.38. The van der Waals surface area contributed by atoms with Crippen molar-refractivity contribution in [2.45, 2.75) is 13.0 Å². The Kier molecular flexibility index (Phi) is 4.70. The monoisotopic (exact) mass is 287 g/mol. The van der Waals surface area contributed by atoms with E-state index in [1.54, 1.807) is 21.3 Å². The first kappa shape index (κ1) is 15.2. The molecule has 2 N–H and O–H groups in total. The number of ether oxygens (including phenoxy) is 3. The van der Waals surface area contributed by atoms with Crippen LogP contribution in [-0.4, -0.2) is 21.3 Å². The van der Waals surface area contributed by atoms with Crippen LogP contribution in [-0.2, 0) is 0 Å². The minimum absolute atomic E-state index is 0.397. The van der Waals surface area contributed by atoms with Crippen LogP contribution in [0, 0.1) is 6.92 Å². The normalized spacial score (nSPS) is 11.9. The molecule has 0 fully saturated rings. The van der Waals surface area contributed by atoms with E-state index in [0.29, 0.717) is 11.5 Å². The maximum atomic E-state index is 6.47. The fourth-order valence-electron chi connectivity index (χ4n) is 2.44. The van der Waals surface area contributed by atoms with Crippen LogP contribution >= 0.6 is 0 Å². The number of methoxy groups -OCH3 is 3. The molecule has 2 aromatic rings. The first-order valence-corrected chi connectivity index (χ1v) is 6.73. The van der Waals surface area contributed by atoms with Crippen LogP contribution in [0.2, 0.25) is 0 Å². The lowest BCUT2D eigenvalue weighted by Crippen LogP contribution is -2.15. The molecule has 0 bridgehead atoms. The molecular weight excluding hydrogens is 266 g/mol. The summed E-state index contributed by atoms with van der Waals surface area (Å²) in [5.41, 5.74) is 9.31. The molecular formula is C17H21NO3. The lowest BCUT2D eigenvalue weighted by Gasteiger charge is -2.21. The highest BCUT2D eigenvalue weighted by molar-refractivity contribution is 5.53. The van der Waals surface area contributed by atoms with Gasteiger partial charge in [-0.15, -0.1) is 0 Å². The number of hydrogen-bond acceptors (Lipinski definition) is 4. The first-order chi connectivity index (χ1) is 10.1. The first-order valence-electron chi connectivity index (χ1n) is 6.73. The van der Waals surface area contributed by atoms with E-state index in [1.807, 2.05) is 43.3 Å². The van der Waals surface area contributed by atoms with Gasteiger partial charge in [-0.3, -0.25) is 0 Å². The molecule has 112 valence electrons. The molecule has 1 unspecified atom stereocenters. The summed E-state index contributed by atoms with van der Waals surface area (Å²) in [4.78, 5) is 0. The molecule has 0 radical (unpaired) electrons. The van der Waals surface area contributed by atoms with E-state index < -0.39 is 6.04 Å². The van der Waals surface area contributed by atoms with Gasteiger partial charge in [-0.05, 0) is 25.1 Å². The van der Waals surface area contributed by atoms with Crippen molar-refractivity contribution in [1.29, 1.82) is 0 Å². The maximum absolute atomic E-state index is 6.47. The molecule has 0 aromatic heterocycles. The number of aryl methyl sites for hydroxylation is 1. The molecule has 0 spiro atoms. The van der Waals surface area contributed by atoms with Crippen molar-refractivity contribution in [1.82, 2.24) is 0 Å². The van der Waals surface area contributed by atoms with Gasteiger partial charge in [0, 0.05) is 5.56 Å². The van der Waals surface area contributed by atoms with E-state index in [1.165, 1.54) is 0 Å². The lowest BCUT2D eigenvalue weighted by atomic mass is 9.95. The fraction of sp³-hybridized carbons (Fsp3) is 0.294. The highest BCUT2D eigenvalue weighted by atomic mass is 16.5. The van der Waals surface area contributed by atoms with Crippen LogP contribution in [0.15, 0.2) is 36.4 Å². The summed E-state index contributed by atoms with van der Waals surface area (Å²) in [5, 5.41) is 0. The Morgan fingerprint density at radius 1 is 0.857 bits per heavy atom. The van der Waals surface area contributed by atoms with E-state index in [2.05, 4.69) is 0 Å². The second-order valence-electron chi connectivity index (χ2n) is 4.80. The van der Waals surface area contributed by atoms with Gasteiger partial charge >= 0.3 is 0 Å². The van der Waals surface area contributed by atoms with Crippen LogP contribution in [0.3, 0.4) is 0 Å². The Hall–Kier alpha value is -2.20. The van der Waals surface area contributed by atoms with E-state index in [4.69, 9.17) is 19.9 Å². The van der Waals surface area contributed by atoms with Gasteiger partial charge in [0.2, 0.25) is 0 Å². The van der Waals surface area contributed by atoms with E-state index >= 15 is 0 Å². The van der Waals surface area contributed by atoms with Crippen LogP contribution in [0.5, 0.6) is 17.2 Å². The number of hydrogen-bond donors (Lipinski definition) is 1. The Bertz CT molecular complexity index is 603. The molecule has 0 saturated heterocycles. The Morgan fingerprint density at radius 2 is 1.43 bits per heavy atom. The quantitative estimate of drug-likeness (QED) is 0.918. The van der Waals surface area contributed by atoms with Crippen molar-refractivity contribution in [2.75, 3.05) is 21.3 Å². The van der Waals surface area contributed by atoms with Crippen LogP contribution in [0.1, 0.15) is 22.7 Å². The van der Waals surface area contributed by atoms with Gasteiger partial charge in [-0.25, -0.2) is 0 Å². The summed E-state index contributed by atoms with van der Waals surface area (Å²) in [5.74, 6) is 2.15. The highest BCUT2D eigenvalue weighted by Gasteiger charge is 2.22. The molecule has 2 rings (SSSR count). The SMILES string of the molecule is COc1ccc(C)cc1C(N)c1c(OC)cccc1OC. The minimum Gasteiger partial charge on any atom is -0.496 e. The number of nitrogens with two attached hydrogens (primary N) is 1. The average molecular weight is 287 g/mol. The molecule has 2 aromatic carbocycles. The topological polar surface area (TPSA) is 53.7 Å². The van der Waals surface area contributed by atoms with Crippen molar-refractivity contribution in [3.05, 3.63) is 53.1 Å². The van der Waals surface area contributed by atoms with Crippen LogP contribution in [0.4, 0.5) is 0 Å². The molecule has 1 atom stereocenters. The molecule has 4 nitrogen and oxygen atoms in total. The largest absolute Gasteiger partial charge is 0.496 e. The van der Waals surface area contributed by atoms with Crippen molar-refractivity contribution < 1.29 is 14.2 Å². The van der Waals surface area contributed by atoms with Crippen LogP contribution < -0.4 is 19.9 Å². The third-order valence-corrected chi connectivity index (χ3v) is 3.50. The van der Waals surface area contributed by atoms with Gasteiger partial charge in [0.15, 0.2) is 0 Å². The van der Waals surface area contributed by atoms with Gasteiger partial charge in [0.1, 0.15) is 17.2 Å². The summed E-state index contributed by atoms with van der Waals surface area (Å²) in [6.45, 7) is 2.02. The maximum Gasteiger partial charge on any atom is 0.127 e. The van der Waals surface area contributed by atoms with Gasteiger partial charge < -0.3 is 19.9 Å². The number of rotatable bonds is 5. The number of benzene rings is 2. The summed E-state index contributed by atoms with van der Waals surface area (Å²) in [6, 6.07) is 11.2. The van der Waals surface area contributed by atoms with E-state index in [0.717, 1.165) is 22.4 Å². The Morgan fingerprint density at radius 3 is 1.95 bits per heavy atom. The second-order valence-corrected chi connectivity index (χ2v) is 4.80. The third-order valence-electron chi connectivity index (χ3n) is 3.50. The molecule has 0 aliphatic rings. The predicted molar refractivity (Wildman–Crippen MR) is 83.3 cm³/mol. The fourth-order valence-corrected chi connectivity index (χ4v) is 2.44. The molecule has 21 heavy (non-hydrogen) atoms. The van der Waals surface area contributed by atoms with E-state index in [-0.39, 0.29) is 0 Å². The molecule has 0 aliphatic heterocycles. The third kappa shape index (κ3) is 2.95. The average Bonchev–Trinajstić information content (AvgIpc) is 2.53. The lowest BCUT2D eigenvalue weighted by molar-refractivity contribution is 0.379. The zero-order valence-electron chi connectivity index (χ0n) is 12.8. The standard InChI is InChI=1S/C17H21NO3/c1-11-8-9-13(19-2)12(10-11)17(18)16-14(20-3)6-5-7-15(16)21-4/h5-10,17H,18H2,1-4H3. The zero-order chi connectivity index (χ0) is 15.4. The van der Waals surface area contributed by atoms with Gasteiger partial charge in [0.25, 0.3) is 0 Å². The summed E-state index contributed by atoms with van der Waals surface area (Å²) < 4.78 is 16.3. The molecule has 0 heterocycles. The van der Waals surface area contributed by atoms with Gasteiger partial charge in [-0.1, -0.05) is 23.8 Å². The predicted octanol–water partition coefficient (Wildman–Crippen LogP) is 3.07. The smallest absolute Gasteiger partial charge is 0.127 e. The Balaban J connectivity index is 2.59. The molecule has 0 aliphatic carbocycles. The summed E-state index contributed by atoms with van der Waals surface area (Å²) in [7, 11) is 4.89. The van der Waals surface area contributed by atoms with Crippen molar-refractivity contribution in [2.24, 2.45) is 5.73 Å². The van der Waals surface area contributed by atoms with Gasteiger partial charge in [0.05, 0.1) is 32.9 Å². The molecule has 0 saturated carbocycles. The van der Waals surface area contributed by atoms with E-state index in [9.17, 15) is 0 Å². The summed E-state index contributed by atoms with van der Waals surface area (Å²) >= 11 is 0. The summed E-state index contributed by atoms with van der Waals surface area (Å²) in [6.07, 6.45) is 0. The van der Waals surface area contributed by atoms with Crippen molar-refractivity contribution in [3.8, 4) is 17.2 Å². The molecule has 4 heteroatoms. The zero-order valence-corrected chi connectivity index (χ0v) is 12.8. The molecule has 0 amide bonds. The van der Waals surface area contributed by atoms with Crippen molar-refractivity contribution >= 4 is 0 Å². The Labute approximate surface area is 125 Å². The minimum atomic E-state index is -0.397. The van der Waals surface area contributed by atoms with Crippen LogP contribution in [0.25, 0.3) is 0 Å². The van der Waals surface area contributed by atoms with Gasteiger partial charge in [-0.2, -0.15) is 0 Å².